The first-order valence-electron chi connectivity index (χ1n) is 6.33. The Morgan fingerprint density at radius 3 is 2.19 bits per heavy atom. The van der Waals surface area contributed by atoms with Crippen molar-refractivity contribution in [2.45, 2.75) is 11.8 Å². The molecule has 112 valence electrons. The molecule has 0 aliphatic rings. The second-order valence-corrected chi connectivity index (χ2v) is 7.76. The van der Waals surface area contributed by atoms with Crippen LogP contribution < -0.4 is 0 Å². The molecule has 0 bridgehead atoms. The van der Waals surface area contributed by atoms with Gasteiger partial charge in [0.2, 0.25) is 0 Å². The fourth-order valence-corrected chi connectivity index (χ4v) is 5.40. The Bertz CT molecular complexity index is 625. The monoisotopic (exact) mass is 512 g/mol. The summed E-state index contributed by atoms with van der Waals surface area (Å²) in [7, 11) is 0. The van der Waals surface area contributed by atoms with E-state index in [1.807, 2.05) is 18.2 Å². The fraction of sp³-hybridized carbons (Fsp3) is 0.250. The lowest BCUT2D eigenvalue weighted by atomic mass is 9.79. The third-order valence-corrected chi connectivity index (χ3v) is 6.93. The molecule has 0 nitrogen and oxygen atoms in total. The third kappa shape index (κ3) is 4.06. The summed E-state index contributed by atoms with van der Waals surface area (Å²) in [6.45, 7) is 0. The summed E-state index contributed by atoms with van der Waals surface area (Å²) in [5, 5.41) is 3.02. The highest BCUT2D eigenvalue weighted by Crippen LogP contribution is 2.38. The van der Waals surface area contributed by atoms with Gasteiger partial charge in [-0.15, -0.1) is 0 Å². The molecule has 5 heteroatoms. The number of alkyl halides is 2. The van der Waals surface area contributed by atoms with E-state index in [1.165, 1.54) is 5.56 Å². The van der Waals surface area contributed by atoms with Crippen molar-refractivity contribution in [1.29, 1.82) is 0 Å². The lowest BCUT2D eigenvalue weighted by molar-refractivity contribution is 0.548. The van der Waals surface area contributed by atoms with Gasteiger partial charge in [-0.3, -0.25) is 0 Å². The van der Waals surface area contributed by atoms with Crippen molar-refractivity contribution in [3.63, 3.8) is 0 Å². The van der Waals surface area contributed by atoms with Gasteiger partial charge < -0.3 is 0 Å². The van der Waals surface area contributed by atoms with Crippen molar-refractivity contribution in [3.8, 4) is 0 Å². The Kier molecular flexibility index (Phi) is 6.64. The Morgan fingerprint density at radius 2 is 1.62 bits per heavy atom. The van der Waals surface area contributed by atoms with Crippen LogP contribution in [0.4, 0.5) is 0 Å². The molecule has 0 aromatic heterocycles. The first kappa shape index (κ1) is 17.8. The maximum atomic E-state index is 6.35. The van der Waals surface area contributed by atoms with Gasteiger partial charge in [0.25, 0.3) is 0 Å². The molecule has 0 aliphatic carbocycles. The van der Waals surface area contributed by atoms with Gasteiger partial charge in [0.15, 0.2) is 0 Å². The molecule has 0 saturated heterocycles. The molecule has 2 aromatic carbocycles. The highest BCUT2D eigenvalue weighted by atomic mass is 79.9. The van der Waals surface area contributed by atoms with Gasteiger partial charge in [0, 0.05) is 30.6 Å². The van der Waals surface area contributed by atoms with E-state index >= 15 is 0 Å². The molecule has 0 radical (unpaired) electrons. The van der Waals surface area contributed by atoms with E-state index in [1.54, 1.807) is 6.07 Å². The van der Waals surface area contributed by atoms with Gasteiger partial charge in [-0.05, 0) is 35.7 Å². The van der Waals surface area contributed by atoms with Crippen LogP contribution in [0.25, 0.3) is 0 Å². The number of hydrogen-bond donors (Lipinski definition) is 0. The second kappa shape index (κ2) is 7.83. The molecule has 0 aliphatic heterocycles. The van der Waals surface area contributed by atoms with Gasteiger partial charge >= 0.3 is 0 Å². The minimum atomic E-state index is -0.0858. The summed E-state index contributed by atoms with van der Waals surface area (Å²) >= 11 is 23.4. The van der Waals surface area contributed by atoms with Gasteiger partial charge in [0.1, 0.15) is 0 Å². The van der Waals surface area contributed by atoms with Gasteiger partial charge in [0.05, 0.1) is 0 Å². The van der Waals surface area contributed by atoms with Crippen molar-refractivity contribution in [2.75, 3.05) is 10.7 Å². The number of benzene rings is 2. The third-order valence-electron chi connectivity index (χ3n) is 3.50. The fourth-order valence-electron chi connectivity index (χ4n) is 2.29. The molecule has 2 rings (SSSR count). The van der Waals surface area contributed by atoms with Crippen LogP contribution in [0, 0.1) is 0 Å². The maximum absolute atomic E-state index is 6.35. The Balaban J connectivity index is 2.46. The average molecular weight is 516 g/mol. The van der Waals surface area contributed by atoms with Crippen LogP contribution in [0.15, 0.2) is 46.9 Å². The van der Waals surface area contributed by atoms with Crippen LogP contribution in [0.5, 0.6) is 0 Å². The van der Waals surface area contributed by atoms with Crippen molar-refractivity contribution in [1.82, 2.24) is 0 Å². The first-order chi connectivity index (χ1) is 10.0. The lowest BCUT2D eigenvalue weighted by Crippen LogP contribution is -2.33. The molecule has 0 unspecified atom stereocenters. The highest BCUT2D eigenvalue weighted by molar-refractivity contribution is 9.10. The van der Waals surface area contributed by atoms with Gasteiger partial charge in [-0.25, -0.2) is 0 Å². The summed E-state index contributed by atoms with van der Waals surface area (Å²) in [6, 6.07) is 14.0. The van der Waals surface area contributed by atoms with Crippen LogP contribution in [0.1, 0.15) is 11.1 Å². The van der Waals surface area contributed by atoms with E-state index in [0.29, 0.717) is 10.0 Å². The van der Waals surface area contributed by atoms with Gasteiger partial charge in [-0.2, -0.15) is 0 Å². The van der Waals surface area contributed by atoms with E-state index in [4.69, 9.17) is 23.2 Å². The zero-order chi connectivity index (χ0) is 15.5. The minimum Gasteiger partial charge on any atom is -0.0918 e. The van der Waals surface area contributed by atoms with Crippen LogP contribution in [-0.4, -0.2) is 10.7 Å². The van der Waals surface area contributed by atoms with E-state index in [9.17, 15) is 0 Å². The van der Waals surface area contributed by atoms with Crippen molar-refractivity contribution in [3.05, 3.63) is 68.1 Å². The van der Waals surface area contributed by atoms with E-state index in [0.717, 1.165) is 27.1 Å². The van der Waals surface area contributed by atoms with Gasteiger partial charge in [-0.1, -0.05) is 95.3 Å². The molecule has 0 fully saturated rings. The largest absolute Gasteiger partial charge is 0.0918 e. The highest BCUT2D eigenvalue weighted by Gasteiger charge is 2.32. The molecule has 0 saturated carbocycles. The number of hydrogen-bond acceptors (Lipinski definition) is 0. The standard InChI is InChI=1S/C16H13Br3Cl2/c17-9-16(10-18,13-3-1-2-4-14(13)19)8-11-5-6-12(20)7-15(11)21/h1-7H,8-10H2. The molecular formula is C16H13Br3Cl2. The summed E-state index contributed by atoms with van der Waals surface area (Å²) in [5.41, 5.74) is 2.26. The van der Waals surface area contributed by atoms with E-state index in [2.05, 4.69) is 66.0 Å². The SMILES string of the molecule is Clc1ccc(CC(CBr)(CBr)c2ccccc2Br)c(Cl)c1. The predicted octanol–water partition coefficient (Wildman–Crippen LogP) is 7.03. The topological polar surface area (TPSA) is 0 Å². The normalized spacial score (nSPS) is 11.7. The maximum Gasteiger partial charge on any atom is 0.0453 e. The van der Waals surface area contributed by atoms with Crippen LogP contribution in [0.2, 0.25) is 10.0 Å². The summed E-state index contributed by atoms with van der Waals surface area (Å²) < 4.78 is 1.11. The van der Waals surface area contributed by atoms with E-state index in [-0.39, 0.29) is 5.41 Å². The number of halogens is 5. The molecule has 0 atom stereocenters. The predicted molar refractivity (Wildman–Crippen MR) is 104 cm³/mol. The average Bonchev–Trinajstić information content (AvgIpc) is 2.48. The molecule has 0 amide bonds. The smallest absolute Gasteiger partial charge is 0.0453 e. The molecule has 21 heavy (non-hydrogen) atoms. The van der Waals surface area contributed by atoms with Crippen molar-refractivity contribution < 1.29 is 0 Å². The van der Waals surface area contributed by atoms with E-state index < -0.39 is 0 Å². The summed E-state index contributed by atoms with van der Waals surface area (Å²) in [5.74, 6) is 0. The lowest BCUT2D eigenvalue weighted by Gasteiger charge is -2.32. The molecular weight excluding hydrogens is 503 g/mol. The quantitative estimate of drug-likeness (QED) is 0.375. The molecule has 2 aromatic rings. The van der Waals surface area contributed by atoms with Crippen LogP contribution in [0.3, 0.4) is 0 Å². The Labute approximate surface area is 160 Å². The summed E-state index contributed by atoms with van der Waals surface area (Å²) in [6.07, 6.45) is 0.822. The van der Waals surface area contributed by atoms with Crippen molar-refractivity contribution in [2.24, 2.45) is 0 Å². The van der Waals surface area contributed by atoms with Crippen molar-refractivity contribution >= 4 is 71.0 Å². The minimum absolute atomic E-state index is 0.0858. The Hall–Kier alpha value is 0.460. The number of rotatable bonds is 5. The molecule has 0 spiro atoms. The second-order valence-electron chi connectivity index (χ2n) is 4.94. The zero-order valence-electron chi connectivity index (χ0n) is 11.1. The molecule has 0 N–H and O–H groups in total. The summed E-state index contributed by atoms with van der Waals surface area (Å²) in [4.78, 5) is 0. The zero-order valence-corrected chi connectivity index (χ0v) is 17.3. The first-order valence-corrected chi connectivity index (χ1v) is 10.1. The Morgan fingerprint density at radius 1 is 0.952 bits per heavy atom. The van der Waals surface area contributed by atoms with Crippen LogP contribution >= 0.6 is 71.0 Å². The molecule has 0 heterocycles. The van der Waals surface area contributed by atoms with Crippen LogP contribution in [-0.2, 0) is 11.8 Å².